The van der Waals surface area contributed by atoms with Gasteiger partial charge in [0.15, 0.2) is 0 Å². The third-order valence-corrected chi connectivity index (χ3v) is 4.69. The zero-order chi connectivity index (χ0) is 16.8. The molecule has 1 aliphatic rings. The minimum Gasteiger partial charge on any atom is -0.489 e. The van der Waals surface area contributed by atoms with Crippen LogP contribution >= 0.6 is 0 Å². The van der Waals surface area contributed by atoms with Gasteiger partial charge in [0.25, 0.3) is 0 Å². The van der Waals surface area contributed by atoms with E-state index < -0.39 is 6.10 Å². The molecule has 0 amide bonds. The maximum absolute atomic E-state index is 10.5. The van der Waals surface area contributed by atoms with Crippen LogP contribution < -0.4 is 10.5 Å². The van der Waals surface area contributed by atoms with Gasteiger partial charge in [-0.05, 0) is 63.8 Å². The maximum atomic E-state index is 10.5. The van der Waals surface area contributed by atoms with Gasteiger partial charge in [-0.2, -0.15) is 0 Å². The number of nitrogens with two attached hydrogens (primary N) is 1. The van der Waals surface area contributed by atoms with Gasteiger partial charge in [0.1, 0.15) is 5.75 Å². The SMILES string of the molecule is CCC1CCCCN1CCC(O)c1ccc(OC(C)C)c(N)c1. The molecule has 0 aromatic heterocycles. The fourth-order valence-corrected chi connectivity index (χ4v) is 3.41. The Morgan fingerprint density at radius 1 is 1.35 bits per heavy atom. The number of benzene rings is 1. The number of nitrogens with zero attached hydrogens (tertiary/aromatic N) is 1. The van der Waals surface area contributed by atoms with Crippen molar-refractivity contribution in [3.8, 4) is 5.75 Å². The summed E-state index contributed by atoms with van der Waals surface area (Å²) >= 11 is 0. The van der Waals surface area contributed by atoms with Gasteiger partial charge in [-0.3, -0.25) is 0 Å². The quantitative estimate of drug-likeness (QED) is 0.751. The molecule has 2 unspecified atom stereocenters. The van der Waals surface area contributed by atoms with E-state index in [-0.39, 0.29) is 6.10 Å². The van der Waals surface area contributed by atoms with Crippen LogP contribution in [0.3, 0.4) is 0 Å². The summed E-state index contributed by atoms with van der Waals surface area (Å²) in [5, 5.41) is 10.5. The van der Waals surface area contributed by atoms with Crippen LogP contribution in [0.4, 0.5) is 5.69 Å². The number of ether oxygens (including phenoxy) is 1. The second kappa shape index (κ2) is 8.55. The second-order valence-electron chi connectivity index (χ2n) is 6.86. The normalized spacial score (nSPS) is 20.7. The Kier molecular flexibility index (Phi) is 6.72. The number of piperidine rings is 1. The van der Waals surface area contributed by atoms with E-state index in [4.69, 9.17) is 10.5 Å². The number of aliphatic hydroxyl groups is 1. The van der Waals surface area contributed by atoms with Crippen molar-refractivity contribution in [3.05, 3.63) is 23.8 Å². The summed E-state index contributed by atoms with van der Waals surface area (Å²) in [4.78, 5) is 2.53. The van der Waals surface area contributed by atoms with E-state index in [0.29, 0.717) is 17.5 Å². The standard InChI is InChI=1S/C19H32N2O2/c1-4-16-7-5-6-11-21(16)12-10-18(22)15-8-9-19(17(20)13-15)23-14(2)3/h8-9,13-14,16,18,22H,4-7,10-12,20H2,1-3H3. The van der Waals surface area contributed by atoms with E-state index in [1.807, 2.05) is 32.0 Å². The number of nitrogen functional groups attached to an aromatic ring is 1. The first kappa shape index (κ1) is 18.1. The molecule has 1 saturated heterocycles. The fraction of sp³-hybridized carbons (Fsp3) is 0.684. The summed E-state index contributed by atoms with van der Waals surface area (Å²) in [6.45, 7) is 8.32. The molecule has 1 fully saturated rings. The molecule has 1 aliphatic heterocycles. The molecule has 2 atom stereocenters. The molecule has 0 saturated carbocycles. The molecule has 0 aliphatic carbocycles. The number of aliphatic hydroxyl groups excluding tert-OH is 1. The Morgan fingerprint density at radius 2 is 2.13 bits per heavy atom. The maximum Gasteiger partial charge on any atom is 0.142 e. The third kappa shape index (κ3) is 5.11. The average Bonchev–Trinajstić information content (AvgIpc) is 2.54. The third-order valence-electron chi connectivity index (χ3n) is 4.69. The lowest BCUT2D eigenvalue weighted by atomic mass is 9.98. The molecule has 0 radical (unpaired) electrons. The topological polar surface area (TPSA) is 58.7 Å². The van der Waals surface area contributed by atoms with Gasteiger partial charge in [0, 0.05) is 12.6 Å². The first-order valence-electron chi connectivity index (χ1n) is 8.99. The molecule has 1 heterocycles. The molecular weight excluding hydrogens is 288 g/mol. The number of likely N-dealkylation sites (tertiary alicyclic amines) is 1. The van der Waals surface area contributed by atoms with Gasteiger partial charge >= 0.3 is 0 Å². The highest BCUT2D eigenvalue weighted by atomic mass is 16.5. The predicted molar refractivity (Wildman–Crippen MR) is 95.7 cm³/mol. The summed E-state index contributed by atoms with van der Waals surface area (Å²) in [7, 11) is 0. The van der Waals surface area contributed by atoms with E-state index in [1.54, 1.807) is 0 Å². The minimum absolute atomic E-state index is 0.0955. The van der Waals surface area contributed by atoms with Crippen molar-refractivity contribution in [3.63, 3.8) is 0 Å². The molecule has 4 heteroatoms. The number of hydrogen-bond acceptors (Lipinski definition) is 4. The lowest BCUT2D eigenvalue weighted by Gasteiger charge is -2.35. The summed E-state index contributed by atoms with van der Waals surface area (Å²) in [6, 6.07) is 6.31. The summed E-state index contributed by atoms with van der Waals surface area (Å²) in [6.07, 6.45) is 5.49. The van der Waals surface area contributed by atoms with Crippen LogP contribution in [0.25, 0.3) is 0 Å². The monoisotopic (exact) mass is 320 g/mol. The highest BCUT2D eigenvalue weighted by Gasteiger charge is 2.21. The molecule has 4 nitrogen and oxygen atoms in total. The van der Waals surface area contributed by atoms with Gasteiger partial charge in [0.05, 0.1) is 17.9 Å². The van der Waals surface area contributed by atoms with Gasteiger partial charge in [-0.1, -0.05) is 19.4 Å². The molecule has 0 bridgehead atoms. The summed E-state index contributed by atoms with van der Waals surface area (Å²) in [5.41, 5.74) is 7.52. The second-order valence-corrected chi connectivity index (χ2v) is 6.86. The Balaban J connectivity index is 1.92. The van der Waals surface area contributed by atoms with Crippen molar-refractivity contribution in [2.45, 2.75) is 71.1 Å². The van der Waals surface area contributed by atoms with Crippen molar-refractivity contribution in [1.82, 2.24) is 4.90 Å². The predicted octanol–water partition coefficient (Wildman–Crippen LogP) is 3.74. The van der Waals surface area contributed by atoms with Crippen LogP contribution in [0.2, 0.25) is 0 Å². The van der Waals surface area contributed by atoms with Crippen molar-refractivity contribution in [1.29, 1.82) is 0 Å². The lowest BCUT2D eigenvalue weighted by Crippen LogP contribution is -2.40. The summed E-state index contributed by atoms with van der Waals surface area (Å²) < 4.78 is 5.65. The van der Waals surface area contributed by atoms with E-state index in [0.717, 1.165) is 25.1 Å². The van der Waals surface area contributed by atoms with E-state index in [9.17, 15) is 5.11 Å². The van der Waals surface area contributed by atoms with Crippen molar-refractivity contribution in [2.24, 2.45) is 0 Å². The summed E-state index contributed by atoms with van der Waals surface area (Å²) in [5.74, 6) is 0.693. The van der Waals surface area contributed by atoms with Crippen LogP contribution in [0.15, 0.2) is 18.2 Å². The van der Waals surface area contributed by atoms with Crippen LogP contribution in [0.1, 0.15) is 64.5 Å². The zero-order valence-corrected chi connectivity index (χ0v) is 14.8. The van der Waals surface area contributed by atoms with Gasteiger partial charge < -0.3 is 20.5 Å². The number of rotatable bonds is 7. The Morgan fingerprint density at radius 3 is 2.78 bits per heavy atom. The fourth-order valence-electron chi connectivity index (χ4n) is 3.41. The lowest BCUT2D eigenvalue weighted by molar-refractivity contribution is 0.101. The van der Waals surface area contributed by atoms with E-state index in [1.165, 1.54) is 25.7 Å². The Hall–Kier alpha value is -1.26. The molecule has 3 N–H and O–H groups in total. The highest BCUT2D eigenvalue weighted by molar-refractivity contribution is 5.54. The largest absolute Gasteiger partial charge is 0.489 e. The van der Waals surface area contributed by atoms with E-state index in [2.05, 4.69) is 11.8 Å². The molecular formula is C19H32N2O2. The van der Waals surface area contributed by atoms with Crippen molar-refractivity contribution in [2.75, 3.05) is 18.8 Å². The Bertz CT molecular complexity index is 490. The molecule has 23 heavy (non-hydrogen) atoms. The van der Waals surface area contributed by atoms with E-state index >= 15 is 0 Å². The van der Waals surface area contributed by atoms with Gasteiger partial charge in [-0.15, -0.1) is 0 Å². The molecule has 130 valence electrons. The molecule has 1 aromatic rings. The van der Waals surface area contributed by atoms with Crippen LogP contribution in [0, 0.1) is 0 Å². The first-order chi connectivity index (χ1) is 11.0. The van der Waals surface area contributed by atoms with Crippen molar-refractivity contribution < 1.29 is 9.84 Å². The smallest absolute Gasteiger partial charge is 0.142 e. The number of anilines is 1. The van der Waals surface area contributed by atoms with Crippen LogP contribution in [-0.4, -0.2) is 35.2 Å². The van der Waals surface area contributed by atoms with Gasteiger partial charge in [0.2, 0.25) is 0 Å². The average molecular weight is 320 g/mol. The van der Waals surface area contributed by atoms with Gasteiger partial charge in [-0.25, -0.2) is 0 Å². The van der Waals surface area contributed by atoms with Crippen molar-refractivity contribution >= 4 is 5.69 Å². The molecule has 0 spiro atoms. The number of hydrogen-bond donors (Lipinski definition) is 2. The molecule has 1 aromatic carbocycles. The Labute approximate surface area is 140 Å². The minimum atomic E-state index is -0.468. The highest BCUT2D eigenvalue weighted by Crippen LogP contribution is 2.28. The zero-order valence-electron chi connectivity index (χ0n) is 14.8. The van der Waals surface area contributed by atoms with Crippen LogP contribution in [0.5, 0.6) is 5.75 Å². The first-order valence-corrected chi connectivity index (χ1v) is 8.99. The molecule has 2 rings (SSSR count). The van der Waals surface area contributed by atoms with Crippen LogP contribution in [-0.2, 0) is 0 Å².